The first-order valence-electron chi connectivity index (χ1n) is 9.70. The average molecular weight is 380 g/mol. The molecule has 3 nitrogen and oxygen atoms in total. The molecule has 4 rings (SSSR count). The van der Waals surface area contributed by atoms with Crippen molar-refractivity contribution >= 4 is 11.4 Å². The van der Waals surface area contributed by atoms with Crippen LogP contribution in [-0.2, 0) is 12.8 Å². The number of nitrogen functional groups attached to an aromatic ring is 2. The molecular weight excluding hydrogens is 356 g/mol. The van der Waals surface area contributed by atoms with E-state index in [1.54, 1.807) is 0 Å². The van der Waals surface area contributed by atoms with Gasteiger partial charge in [0.1, 0.15) is 11.5 Å². The first kappa shape index (κ1) is 18.6. The summed E-state index contributed by atoms with van der Waals surface area (Å²) in [5, 5.41) is 0. The molecule has 4 aromatic rings. The van der Waals surface area contributed by atoms with E-state index >= 15 is 0 Å². The molecule has 0 saturated heterocycles. The first-order valence-corrected chi connectivity index (χ1v) is 9.70. The Hall–Kier alpha value is -3.72. The Morgan fingerprint density at radius 2 is 0.931 bits per heavy atom. The van der Waals surface area contributed by atoms with Gasteiger partial charge >= 0.3 is 0 Å². The Kier molecular flexibility index (Phi) is 5.48. The van der Waals surface area contributed by atoms with E-state index in [4.69, 9.17) is 16.2 Å². The van der Waals surface area contributed by atoms with Gasteiger partial charge in [0.05, 0.1) is 0 Å². The van der Waals surface area contributed by atoms with Crippen molar-refractivity contribution in [3.8, 4) is 11.5 Å². The van der Waals surface area contributed by atoms with E-state index in [2.05, 4.69) is 24.3 Å². The molecule has 0 aliphatic heterocycles. The van der Waals surface area contributed by atoms with E-state index in [0.29, 0.717) is 11.5 Å². The van der Waals surface area contributed by atoms with Crippen molar-refractivity contribution in [2.45, 2.75) is 12.8 Å². The van der Waals surface area contributed by atoms with Gasteiger partial charge in [0.2, 0.25) is 0 Å². The third-order valence-electron chi connectivity index (χ3n) is 4.95. The van der Waals surface area contributed by atoms with Crippen LogP contribution in [0.5, 0.6) is 11.5 Å². The Bertz CT molecular complexity index is 1000. The molecule has 0 unspecified atom stereocenters. The van der Waals surface area contributed by atoms with Gasteiger partial charge in [-0.1, -0.05) is 72.8 Å². The van der Waals surface area contributed by atoms with Crippen molar-refractivity contribution < 1.29 is 4.74 Å². The highest BCUT2D eigenvalue weighted by molar-refractivity contribution is 5.56. The lowest BCUT2D eigenvalue weighted by atomic mass is 10.0. The topological polar surface area (TPSA) is 61.3 Å². The van der Waals surface area contributed by atoms with E-state index in [0.717, 1.165) is 35.3 Å². The summed E-state index contributed by atoms with van der Waals surface area (Å²) in [7, 11) is 0. The lowest BCUT2D eigenvalue weighted by Crippen LogP contribution is -1.98. The number of anilines is 2. The molecule has 0 radical (unpaired) electrons. The van der Waals surface area contributed by atoms with Crippen molar-refractivity contribution in [3.63, 3.8) is 0 Å². The normalized spacial score (nSPS) is 10.6. The molecule has 0 aliphatic rings. The molecule has 0 atom stereocenters. The summed E-state index contributed by atoms with van der Waals surface area (Å²) in [4.78, 5) is 0. The van der Waals surface area contributed by atoms with Gasteiger partial charge in [0, 0.05) is 23.5 Å². The van der Waals surface area contributed by atoms with Crippen LogP contribution in [0.3, 0.4) is 0 Å². The molecular formula is C26H24N2O. The summed E-state index contributed by atoms with van der Waals surface area (Å²) in [6.45, 7) is 0. The highest BCUT2D eigenvalue weighted by Crippen LogP contribution is 2.29. The number of benzene rings is 4. The Balaban J connectivity index is 1.46. The van der Waals surface area contributed by atoms with Crippen LogP contribution in [0.4, 0.5) is 11.4 Å². The summed E-state index contributed by atoms with van der Waals surface area (Å²) >= 11 is 0. The zero-order chi connectivity index (χ0) is 20.1. The van der Waals surface area contributed by atoms with Crippen molar-refractivity contribution in [1.82, 2.24) is 0 Å². The third kappa shape index (κ3) is 4.77. The predicted octanol–water partition coefficient (Wildman–Crippen LogP) is 5.82. The maximum atomic E-state index is 6.26. The Morgan fingerprint density at radius 3 is 1.31 bits per heavy atom. The molecule has 3 heteroatoms. The fourth-order valence-corrected chi connectivity index (χ4v) is 3.36. The molecule has 29 heavy (non-hydrogen) atoms. The summed E-state index contributed by atoms with van der Waals surface area (Å²) in [5.74, 6) is 1.41. The Morgan fingerprint density at radius 1 is 0.517 bits per heavy atom. The second-order valence-electron chi connectivity index (χ2n) is 7.15. The maximum Gasteiger partial charge on any atom is 0.129 e. The molecule has 0 spiro atoms. The maximum absolute atomic E-state index is 6.26. The van der Waals surface area contributed by atoms with Crippen LogP contribution in [0, 0.1) is 0 Å². The highest BCUT2D eigenvalue weighted by atomic mass is 16.5. The molecule has 0 saturated carbocycles. The summed E-state index contributed by atoms with van der Waals surface area (Å²) in [6.07, 6.45) is 1.60. The van der Waals surface area contributed by atoms with Crippen molar-refractivity contribution in [2.75, 3.05) is 11.5 Å². The number of hydrogen-bond acceptors (Lipinski definition) is 3. The van der Waals surface area contributed by atoms with Crippen LogP contribution in [0.25, 0.3) is 0 Å². The molecule has 144 valence electrons. The minimum absolute atomic E-state index is 0.703. The van der Waals surface area contributed by atoms with Crippen LogP contribution in [0.15, 0.2) is 97.1 Å². The van der Waals surface area contributed by atoms with Crippen molar-refractivity contribution in [3.05, 3.63) is 119 Å². The second kappa shape index (κ2) is 8.53. The largest absolute Gasteiger partial charge is 0.457 e. The average Bonchev–Trinajstić information content (AvgIpc) is 2.74. The van der Waals surface area contributed by atoms with Crippen molar-refractivity contribution in [1.29, 1.82) is 0 Å². The summed E-state index contributed by atoms with van der Waals surface area (Å²) in [5.41, 5.74) is 18.6. The highest BCUT2D eigenvalue weighted by Gasteiger charge is 2.07. The van der Waals surface area contributed by atoms with Gasteiger partial charge in [-0.15, -0.1) is 0 Å². The van der Waals surface area contributed by atoms with Crippen LogP contribution in [0.2, 0.25) is 0 Å². The zero-order valence-electron chi connectivity index (χ0n) is 16.2. The minimum atomic E-state index is 0.703. The molecule has 0 aliphatic carbocycles. The van der Waals surface area contributed by atoms with Crippen LogP contribution in [-0.4, -0.2) is 0 Å². The standard InChI is InChI=1S/C26H24N2O/c27-25-17-23(13-11-21(25)15-19-7-3-1-4-8-19)29-24-14-12-22(26(28)18-24)16-20-9-5-2-6-10-20/h1-14,17-18H,15-16,27-28H2. The number of rotatable bonds is 6. The first-order chi connectivity index (χ1) is 14.2. The molecule has 0 fully saturated rings. The second-order valence-corrected chi connectivity index (χ2v) is 7.15. The van der Waals surface area contributed by atoms with Gasteiger partial charge in [-0.3, -0.25) is 0 Å². The monoisotopic (exact) mass is 380 g/mol. The van der Waals surface area contributed by atoms with E-state index in [9.17, 15) is 0 Å². The molecule has 4 N–H and O–H groups in total. The van der Waals surface area contributed by atoms with E-state index in [1.165, 1.54) is 11.1 Å². The van der Waals surface area contributed by atoms with Gasteiger partial charge in [-0.05, 0) is 47.2 Å². The summed E-state index contributed by atoms with van der Waals surface area (Å²) in [6, 6.07) is 32.2. The fraction of sp³-hybridized carbons (Fsp3) is 0.0769. The zero-order valence-corrected chi connectivity index (χ0v) is 16.2. The smallest absolute Gasteiger partial charge is 0.129 e. The quantitative estimate of drug-likeness (QED) is 0.414. The molecule has 4 aromatic carbocycles. The minimum Gasteiger partial charge on any atom is -0.457 e. The number of hydrogen-bond donors (Lipinski definition) is 2. The van der Waals surface area contributed by atoms with Crippen molar-refractivity contribution in [2.24, 2.45) is 0 Å². The third-order valence-corrected chi connectivity index (χ3v) is 4.95. The van der Waals surface area contributed by atoms with Gasteiger partial charge in [-0.2, -0.15) is 0 Å². The summed E-state index contributed by atoms with van der Waals surface area (Å²) < 4.78 is 5.99. The van der Waals surface area contributed by atoms with Gasteiger partial charge in [0.15, 0.2) is 0 Å². The lowest BCUT2D eigenvalue weighted by molar-refractivity contribution is 0.483. The fourth-order valence-electron chi connectivity index (χ4n) is 3.36. The molecule has 0 bridgehead atoms. The van der Waals surface area contributed by atoms with Gasteiger partial charge in [0.25, 0.3) is 0 Å². The predicted molar refractivity (Wildman–Crippen MR) is 120 cm³/mol. The lowest BCUT2D eigenvalue weighted by Gasteiger charge is -2.12. The Labute approximate surface area is 171 Å². The molecule has 0 heterocycles. The van der Waals surface area contributed by atoms with Gasteiger partial charge < -0.3 is 16.2 Å². The van der Waals surface area contributed by atoms with Crippen LogP contribution >= 0.6 is 0 Å². The number of nitrogens with two attached hydrogens (primary N) is 2. The molecule has 0 aromatic heterocycles. The van der Waals surface area contributed by atoms with Gasteiger partial charge in [-0.25, -0.2) is 0 Å². The number of ether oxygens (including phenoxy) is 1. The van der Waals surface area contributed by atoms with Crippen LogP contribution in [0.1, 0.15) is 22.3 Å². The van der Waals surface area contributed by atoms with Crippen LogP contribution < -0.4 is 16.2 Å². The SMILES string of the molecule is Nc1cc(Oc2ccc(Cc3ccccc3)c(N)c2)ccc1Cc1ccccc1. The van der Waals surface area contributed by atoms with E-state index in [1.807, 2.05) is 72.8 Å². The van der Waals surface area contributed by atoms with E-state index < -0.39 is 0 Å². The van der Waals surface area contributed by atoms with E-state index in [-0.39, 0.29) is 0 Å². The molecule has 0 amide bonds.